The summed E-state index contributed by atoms with van der Waals surface area (Å²) in [6.45, 7) is 7.03. The minimum Gasteiger partial charge on any atom is -0.497 e. The number of carbonyl (C=O) groups excluding carboxylic acids is 1. The zero-order valence-electron chi connectivity index (χ0n) is 25.9. The molecule has 0 aliphatic carbocycles. The summed E-state index contributed by atoms with van der Waals surface area (Å²) in [5.41, 5.74) is 4.35. The van der Waals surface area contributed by atoms with Gasteiger partial charge in [-0.3, -0.25) is 0 Å². The first kappa shape index (κ1) is 32.9. The Morgan fingerprint density at radius 1 is 1.07 bits per heavy atom. The third-order valence-electron chi connectivity index (χ3n) is 7.44. The number of nitrogens with zero attached hydrogens (tertiary/aromatic N) is 5. The average molecular weight is 653 g/mol. The number of benzene rings is 3. The number of urea groups is 1. The number of nitrogens with one attached hydrogen (secondary N) is 1. The monoisotopic (exact) mass is 652 g/mol. The third-order valence-corrected chi connectivity index (χ3v) is 8.50. The molecule has 1 aliphatic rings. The van der Waals surface area contributed by atoms with Crippen LogP contribution in [0.4, 0.5) is 23.7 Å². The minimum atomic E-state index is -4.76. The van der Waals surface area contributed by atoms with Gasteiger partial charge in [-0.15, -0.1) is 18.3 Å². The standard InChI is InChI=1S/C33H35F3N6O3S/c1-5-28(38-31(43)39-32-41(17-6-18-46-32)29-16-15-26(44-4)19-27(29)21(2)3)22-7-9-23(10-8-22)30-37-20-42(40-30)24-11-13-25(14-12-24)45-33(34,35)36/h7-16,19-21,28H,5-6,17-18H2,1-4H3,(H,38,43)/b39-32-. The Bertz CT molecular complexity index is 1670. The van der Waals surface area contributed by atoms with E-state index in [2.05, 4.69) is 43.9 Å². The van der Waals surface area contributed by atoms with Crippen molar-refractivity contribution in [2.75, 3.05) is 24.3 Å². The van der Waals surface area contributed by atoms with Gasteiger partial charge >= 0.3 is 12.4 Å². The molecule has 1 N–H and O–H groups in total. The van der Waals surface area contributed by atoms with Crippen molar-refractivity contribution >= 4 is 28.6 Å². The maximum atomic E-state index is 13.2. The van der Waals surface area contributed by atoms with Crippen LogP contribution in [0, 0.1) is 0 Å². The average Bonchev–Trinajstić information content (AvgIpc) is 3.54. The highest BCUT2D eigenvalue weighted by atomic mass is 32.2. The molecular weight excluding hydrogens is 617 g/mol. The molecule has 1 aliphatic heterocycles. The fourth-order valence-corrected chi connectivity index (χ4v) is 6.07. The molecular formula is C33H35F3N6O3S. The molecule has 1 fully saturated rings. The Morgan fingerprint density at radius 3 is 2.43 bits per heavy atom. The first-order valence-corrected chi connectivity index (χ1v) is 15.9. The molecule has 13 heteroatoms. The number of carbonyl (C=O) groups is 1. The van der Waals surface area contributed by atoms with Crippen LogP contribution in [0.1, 0.15) is 56.7 Å². The van der Waals surface area contributed by atoms with E-state index < -0.39 is 12.4 Å². The molecule has 1 unspecified atom stereocenters. The van der Waals surface area contributed by atoms with E-state index in [9.17, 15) is 18.0 Å². The number of methoxy groups -OCH3 is 1. The number of ether oxygens (including phenoxy) is 2. The van der Waals surface area contributed by atoms with Crippen molar-refractivity contribution in [2.45, 2.75) is 51.9 Å². The lowest BCUT2D eigenvalue weighted by Gasteiger charge is -2.32. The first-order chi connectivity index (χ1) is 22.0. The van der Waals surface area contributed by atoms with Gasteiger partial charge in [0.2, 0.25) is 0 Å². The van der Waals surface area contributed by atoms with E-state index in [1.54, 1.807) is 18.9 Å². The van der Waals surface area contributed by atoms with Gasteiger partial charge in [0, 0.05) is 23.5 Å². The van der Waals surface area contributed by atoms with Gasteiger partial charge in [-0.05, 0) is 72.4 Å². The van der Waals surface area contributed by atoms with E-state index in [1.165, 1.54) is 35.3 Å². The quantitative estimate of drug-likeness (QED) is 0.195. The SMILES string of the molecule is CCC(NC(=O)/N=C1\SCCCN1c1ccc(OC)cc1C(C)C)c1ccc(-c2ncn(-c3ccc(OC(F)(F)F)cc3)n2)cc1. The number of aromatic nitrogens is 3. The number of hydrogen-bond acceptors (Lipinski definition) is 6. The van der Waals surface area contributed by atoms with Crippen molar-refractivity contribution < 1.29 is 27.4 Å². The molecule has 5 rings (SSSR count). The van der Waals surface area contributed by atoms with E-state index in [0.29, 0.717) is 23.1 Å². The summed E-state index contributed by atoms with van der Waals surface area (Å²) in [4.78, 5) is 24.2. The van der Waals surface area contributed by atoms with Crippen LogP contribution in [0.15, 0.2) is 78.0 Å². The van der Waals surface area contributed by atoms with Crippen LogP contribution in [0.25, 0.3) is 17.1 Å². The highest BCUT2D eigenvalue weighted by Crippen LogP contribution is 2.35. The highest BCUT2D eigenvalue weighted by Gasteiger charge is 2.31. The van der Waals surface area contributed by atoms with Gasteiger partial charge in [-0.1, -0.05) is 56.8 Å². The number of amidine groups is 1. The van der Waals surface area contributed by atoms with Crippen molar-refractivity contribution in [3.05, 3.63) is 84.2 Å². The minimum absolute atomic E-state index is 0.261. The van der Waals surface area contributed by atoms with Gasteiger partial charge in [0.1, 0.15) is 17.8 Å². The second kappa shape index (κ2) is 14.3. The normalized spacial score (nSPS) is 15.2. The molecule has 4 aromatic rings. The summed E-state index contributed by atoms with van der Waals surface area (Å²) in [5.74, 6) is 2.07. The van der Waals surface area contributed by atoms with Crippen LogP contribution in [-0.4, -0.2) is 51.7 Å². The second-order valence-corrected chi connectivity index (χ2v) is 12.0. The maximum absolute atomic E-state index is 13.2. The predicted molar refractivity (Wildman–Crippen MR) is 174 cm³/mol. The summed E-state index contributed by atoms with van der Waals surface area (Å²) in [5, 5.41) is 8.19. The van der Waals surface area contributed by atoms with E-state index in [0.717, 1.165) is 46.8 Å². The molecule has 46 heavy (non-hydrogen) atoms. The van der Waals surface area contributed by atoms with Crippen LogP contribution in [0.2, 0.25) is 0 Å². The van der Waals surface area contributed by atoms with Gasteiger partial charge in [-0.25, -0.2) is 14.5 Å². The third kappa shape index (κ3) is 8.00. The number of thioether (sulfide) groups is 1. The summed E-state index contributed by atoms with van der Waals surface area (Å²) in [6.07, 6.45) is -1.63. The Hall–Kier alpha value is -4.52. The molecule has 0 saturated carbocycles. The van der Waals surface area contributed by atoms with Gasteiger partial charge < -0.3 is 19.7 Å². The Morgan fingerprint density at radius 2 is 1.78 bits per heavy atom. The summed E-state index contributed by atoms with van der Waals surface area (Å²) >= 11 is 1.57. The zero-order chi connectivity index (χ0) is 32.8. The van der Waals surface area contributed by atoms with Crippen molar-refractivity contribution in [2.24, 2.45) is 4.99 Å². The van der Waals surface area contributed by atoms with Crippen molar-refractivity contribution in [1.82, 2.24) is 20.1 Å². The Kier molecular flexibility index (Phi) is 10.2. The van der Waals surface area contributed by atoms with Crippen molar-refractivity contribution in [3.8, 4) is 28.6 Å². The number of hydrogen-bond donors (Lipinski definition) is 1. The molecule has 3 aromatic carbocycles. The molecule has 1 atom stereocenters. The molecule has 0 spiro atoms. The summed E-state index contributed by atoms with van der Waals surface area (Å²) in [7, 11) is 1.65. The molecule has 1 saturated heterocycles. The number of alkyl halides is 3. The van der Waals surface area contributed by atoms with Crippen LogP contribution in [0.3, 0.4) is 0 Å². The summed E-state index contributed by atoms with van der Waals surface area (Å²) < 4.78 is 48.2. The molecule has 2 heterocycles. The van der Waals surface area contributed by atoms with Crippen LogP contribution >= 0.6 is 11.8 Å². The largest absolute Gasteiger partial charge is 0.573 e. The van der Waals surface area contributed by atoms with Crippen molar-refractivity contribution in [1.29, 1.82) is 0 Å². The fraction of sp³-hybridized carbons (Fsp3) is 0.333. The van der Waals surface area contributed by atoms with E-state index >= 15 is 0 Å². The molecule has 242 valence electrons. The molecule has 0 radical (unpaired) electrons. The Labute approximate surface area is 269 Å². The van der Waals surface area contributed by atoms with Crippen LogP contribution < -0.4 is 19.7 Å². The van der Waals surface area contributed by atoms with Crippen LogP contribution in [0.5, 0.6) is 11.5 Å². The lowest BCUT2D eigenvalue weighted by molar-refractivity contribution is -0.274. The smallest absolute Gasteiger partial charge is 0.497 e. The predicted octanol–water partition coefficient (Wildman–Crippen LogP) is 8.13. The first-order valence-electron chi connectivity index (χ1n) is 14.9. The molecule has 1 aromatic heterocycles. The van der Waals surface area contributed by atoms with E-state index in [-0.39, 0.29) is 17.7 Å². The van der Waals surface area contributed by atoms with E-state index in [1.807, 2.05) is 49.4 Å². The number of aliphatic imine (C=N–C) groups is 1. The molecule has 2 amide bonds. The zero-order valence-corrected chi connectivity index (χ0v) is 26.7. The van der Waals surface area contributed by atoms with Crippen molar-refractivity contribution in [3.63, 3.8) is 0 Å². The summed E-state index contributed by atoms with van der Waals surface area (Å²) in [6, 6.07) is 18.3. The molecule has 9 nitrogen and oxygen atoms in total. The Balaban J connectivity index is 1.27. The van der Waals surface area contributed by atoms with Gasteiger partial charge in [0.15, 0.2) is 11.0 Å². The number of anilines is 1. The van der Waals surface area contributed by atoms with Gasteiger partial charge in [0.05, 0.1) is 18.8 Å². The lowest BCUT2D eigenvalue weighted by Crippen LogP contribution is -2.37. The van der Waals surface area contributed by atoms with Gasteiger partial charge in [-0.2, -0.15) is 4.99 Å². The highest BCUT2D eigenvalue weighted by molar-refractivity contribution is 8.14. The fourth-order valence-electron chi connectivity index (χ4n) is 5.12. The maximum Gasteiger partial charge on any atom is 0.573 e. The second-order valence-electron chi connectivity index (χ2n) is 10.9. The molecule has 0 bridgehead atoms. The van der Waals surface area contributed by atoms with Gasteiger partial charge in [0.25, 0.3) is 0 Å². The lowest BCUT2D eigenvalue weighted by atomic mass is 10.00. The topological polar surface area (TPSA) is 93.9 Å². The number of halogens is 3. The number of amides is 2. The van der Waals surface area contributed by atoms with Crippen LogP contribution in [-0.2, 0) is 0 Å². The van der Waals surface area contributed by atoms with E-state index in [4.69, 9.17) is 4.74 Å². The number of rotatable bonds is 9.